The molecule has 0 aliphatic carbocycles. The molecule has 0 bridgehead atoms. The highest BCUT2D eigenvalue weighted by Crippen LogP contribution is 2.29. The van der Waals surface area contributed by atoms with Crippen molar-refractivity contribution >= 4 is 29.2 Å². The topological polar surface area (TPSA) is 80.9 Å². The Bertz CT molecular complexity index is 532. The largest absolute Gasteiger partial charge is 0.368 e. The molecule has 1 heterocycles. The van der Waals surface area contributed by atoms with Gasteiger partial charge in [0.25, 0.3) is 0 Å². The predicted molar refractivity (Wildman–Crippen MR) is 77.0 cm³/mol. The van der Waals surface area contributed by atoms with Crippen LogP contribution in [0.25, 0.3) is 0 Å². The van der Waals surface area contributed by atoms with Gasteiger partial charge >= 0.3 is 0 Å². The second kappa shape index (κ2) is 6.14. The van der Waals surface area contributed by atoms with Crippen LogP contribution in [0.4, 0.5) is 0 Å². The number of aromatic nitrogens is 2. The van der Waals surface area contributed by atoms with Crippen LogP contribution in [0.15, 0.2) is 41.0 Å². The number of hydrogen-bond acceptors (Lipinski definition) is 6. The molecular weight excluding hydrogens is 280 g/mol. The summed E-state index contributed by atoms with van der Waals surface area (Å²) in [5.41, 5.74) is 5.55. The maximum atomic E-state index is 11.9. The van der Waals surface area contributed by atoms with Crippen LogP contribution in [0.5, 0.6) is 0 Å². The lowest BCUT2D eigenvalue weighted by atomic mass is 9.91. The first-order valence-electron chi connectivity index (χ1n) is 5.63. The van der Waals surface area contributed by atoms with Gasteiger partial charge in [0.05, 0.1) is 0 Å². The molecule has 2 aromatic rings. The zero-order valence-corrected chi connectivity index (χ0v) is 12.0. The third-order valence-corrected chi connectivity index (χ3v) is 4.84. The SMILES string of the molecule is CNC(CSc1ncns1)(C(N)=O)c1ccccc1. The lowest BCUT2D eigenvalue weighted by Crippen LogP contribution is -2.53. The fraction of sp³-hybridized carbons (Fsp3) is 0.250. The number of rotatable bonds is 6. The number of hydrogen-bond donors (Lipinski definition) is 2. The van der Waals surface area contributed by atoms with E-state index in [1.165, 1.54) is 29.6 Å². The number of amides is 1. The molecule has 0 aliphatic heterocycles. The van der Waals surface area contributed by atoms with Crippen LogP contribution in [0.1, 0.15) is 5.56 Å². The lowest BCUT2D eigenvalue weighted by molar-refractivity contribution is -0.123. The van der Waals surface area contributed by atoms with Crippen LogP contribution < -0.4 is 11.1 Å². The molecule has 0 spiro atoms. The van der Waals surface area contributed by atoms with Gasteiger partial charge in [-0.15, -0.1) is 0 Å². The van der Waals surface area contributed by atoms with E-state index in [1.54, 1.807) is 7.05 Å². The molecule has 0 fully saturated rings. The molecule has 1 unspecified atom stereocenters. The van der Waals surface area contributed by atoms with Crippen molar-refractivity contribution in [2.45, 2.75) is 9.88 Å². The molecule has 5 nitrogen and oxygen atoms in total. The van der Waals surface area contributed by atoms with Gasteiger partial charge in [-0.05, 0) is 24.1 Å². The average Bonchev–Trinajstić information content (AvgIpc) is 2.94. The van der Waals surface area contributed by atoms with Gasteiger partial charge in [0, 0.05) is 5.75 Å². The average molecular weight is 294 g/mol. The Morgan fingerprint density at radius 2 is 2.21 bits per heavy atom. The van der Waals surface area contributed by atoms with Gasteiger partial charge in [0.15, 0.2) is 4.34 Å². The summed E-state index contributed by atoms with van der Waals surface area (Å²) < 4.78 is 4.76. The second-order valence-corrected chi connectivity index (χ2v) is 5.88. The molecule has 1 atom stereocenters. The first-order chi connectivity index (χ1) is 9.19. The van der Waals surface area contributed by atoms with E-state index in [4.69, 9.17) is 5.73 Å². The number of thioether (sulfide) groups is 1. The lowest BCUT2D eigenvalue weighted by Gasteiger charge is -2.30. The third kappa shape index (κ3) is 2.94. The van der Waals surface area contributed by atoms with E-state index in [2.05, 4.69) is 14.7 Å². The fourth-order valence-electron chi connectivity index (χ4n) is 1.76. The summed E-state index contributed by atoms with van der Waals surface area (Å²) in [6.07, 6.45) is 1.50. The molecule has 0 aliphatic rings. The highest BCUT2D eigenvalue weighted by atomic mass is 32.2. The quantitative estimate of drug-likeness (QED) is 0.783. The van der Waals surface area contributed by atoms with Crippen LogP contribution in [0, 0.1) is 0 Å². The molecule has 0 saturated carbocycles. The molecule has 1 amide bonds. The van der Waals surface area contributed by atoms with Crippen LogP contribution >= 0.6 is 23.3 Å². The molecule has 1 aromatic heterocycles. The summed E-state index contributed by atoms with van der Waals surface area (Å²) in [5, 5.41) is 3.05. The molecule has 100 valence electrons. The Balaban J connectivity index is 2.27. The summed E-state index contributed by atoms with van der Waals surface area (Å²) in [7, 11) is 1.73. The molecular formula is C12H14N4OS2. The number of carbonyl (C=O) groups excluding carboxylic acids is 1. The van der Waals surface area contributed by atoms with Gasteiger partial charge in [0.2, 0.25) is 5.91 Å². The molecule has 1 aromatic carbocycles. The van der Waals surface area contributed by atoms with Gasteiger partial charge in [-0.25, -0.2) is 4.98 Å². The van der Waals surface area contributed by atoms with Crippen molar-refractivity contribution in [1.29, 1.82) is 0 Å². The molecule has 19 heavy (non-hydrogen) atoms. The summed E-state index contributed by atoms with van der Waals surface area (Å²) in [4.78, 5) is 16.0. The Hall–Kier alpha value is -1.44. The van der Waals surface area contributed by atoms with E-state index < -0.39 is 11.4 Å². The van der Waals surface area contributed by atoms with Crippen LogP contribution in [0.2, 0.25) is 0 Å². The van der Waals surface area contributed by atoms with Gasteiger partial charge in [0.1, 0.15) is 11.9 Å². The van der Waals surface area contributed by atoms with Crippen molar-refractivity contribution < 1.29 is 4.79 Å². The molecule has 0 radical (unpaired) electrons. The van der Waals surface area contributed by atoms with E-state index in [9.17, 15) is 4.79 Å². The predicted octanol–water partition coefficient (Wildman–Crippen LogP) is 1.23. The Labute approximate surface area is 119 Å². The van der Waals surface area contributed by atoms with Crippen molar-refractivity contribution in [2.75, 3.05) is 12.8 Å². The number of nitrogens with one attached hydrogen (secondary N) is 1. The van der Waals surface area contributed by atoms with Gasteiger partial charge in [-0.2, -0.15) is 4.37 Å². The first-order valence-corrected chi connectivity index (χ1v) is 7.39. The Morgan fingerprint density at radius 3 is 2.74 bits per heavy atom. The monoisotopic (exact) mass is 294 g/mol. The van der Waals surface area contributed by atoms with Crippen molar-refractivity contribution in [3.63, 3.8) is 0 Å². The first kappa shape index (κ1) is 14.0. The highest BCUT2D eigenvalue weighted by molar-refractivity contribution is 8.01. The van der Waals surface area contributed by atoms with E-state index in [-0.39, 0.29) is 0 Å². The van der Waals surface area contributed by atoms with E-state index in [0.29, 0.717) is 5.75 Å². The van der Waals surface area contributed by atoms with Crippen LogP contribution in [0.3, 0.4) is 0 Å². The minimum Gasteiger partial charge on any atom is -0.368 e. The minimum atomic E-state index is -0.905. The highest BCUT2D eigenvalue weighted by Gasteiger charge is 2.37. The van der Waals surface area contributed by atoms with Crippen molar-refractivity contribution in [3.05, 3.63) is 42.2 Å². The third-order valence-electron chi connectivity index (χ3n) is 2.87. The summed E-state index contributed by atoms with van der Waals surface area (Å²) in [5.74, 6) is 0.0658. The van der Waals surface area contributed by atoms with Crippen molar-refractivity contribution in [2.24, 2.45) is 5.73 Å². The van der Waals surface area contributed by atoms with Gasteiger partial charge in [-0.3, -0.25) is 4.79 Å². The number of benzene rings is 1. The van der Waals surface area contributed by atoms with Crippen LogP contribution in [-0.4, -0.2) is 28.1 Å². The summed E-state index contributed by atoms with van der Waals surface area (Å²) in [6, 6.07) is 9.46. The number of carbonyl (C=O) groups is 1. The fourth-order valence-corrected chi connectivity index (χ4v) is 3.47. The molecule has 0 saturated heterocycles. The Morgan fingerprint density at radius 1 is 1.47 bits per heavy atom. The maximum absolute atomic E-state index is 11.9. The number of nitrogens with two attached hydrogens (primary N) is 1. The van der Waals surface area contributed by atoms with E-state index in [1.807, 2.05) is 30.3 Å². The summed E-state index contributed by atoms with van der Waals surface area (Å²) in [6.45, 7) is 0. The summed E-state index contributed by atoms with van der Waals surface area (Å²) >= 11 is 2.77. The Kier molecular flexibility index (Phi) is 4.52. The van der Waals surface area contributed by atoms with Crippen molar-refractivity contribution in [3.8, 4) is 0 Å². The zero-order valence-electron chi connectivity index (χ0n) is 10.4. The van der Waals surface area contributed by atoms with Crippen LogP contribution in [-0.2, 0) is 10.3 Å². The van der Waals surface area contributed by atoms with Gasteiger partial charge < -0.3 is 11.1 Å². The van der Waals surface area contributed by atoms with Gasteiger partial charge in [-0.1, -0.05) is 42.1 Å². The van der Waals surface area contributed by atoms with E-state index in [0.717, 1.165) is 9.90 Å². The zero-order chi connectivity index (χ0) is 13.7. The van der Waals surface area contributed by atoms with Crippen molar-refractivity contribution in [1.82, 2.24) is 14.7 Å². The smallest absolute Gasteiger partial charge is 0.243 e. The minimum absolute atomic E-state index is 0.404. The number of primary amides is 1. The van der Waals surface area contributed by atoms with E-state index >= 15 is 0 Å². The number of nitrogens with zero attached hydrogens (tertiary/aromatic N) is 2. The molecule has 7 heteroatoms. The second-order valence-electron chi connectivity index (χ2n) is 3.88. The maximum Gasteiger partial charge on any atom is 0.243 e. The number of likely N-dealkylation sites (N-methyl/N-ethyl adjacent to an activating group) is 1. The normalized spacial score (nSPS) is 13.9. The standard InChI is InChI=1S/C12H14N4OS2/c1-14-12(10(13)17,9-5-3-2-4-6-9)7-18-11-15-8-16-19-11/h2-6,8,14H,7H2,1H3,(H2,13,17). The molecule has 3 N–H and O–H groups in total. The molecule has 2 rings (SSSR count).